The molecule has 2 atom stereocenters. The first-order valence-corrected chi connectivity index (χ1v) is 9.76. The summed E-state index contributed by atoms with van der Waals surface area (Å²) in [4.78, 5) is 0.338. The molecule has 1 rings (SSSR count). The fourth-order valence-corrected chi connectivity index (χ4v) is 2.90. The molecule has 1 aromatic rings. The molecule has 0 radical (unpaired) electrons. The zero-order valence-corrected chi connectivity index (χ0v) is 13.2. The van der Waals surface area contributed by atoms with Crippen molar-refractivity contribution in [3.63, 3.8) is 0 Å². The molecule has 1 aromatic carbocycles. The van der Waals surface area contributed by atoms with Crippen LogP contribution in [0.2, 0.25) is 0 Å². The SMILES string of the molecule is CC(NCCCS(C)=O)c1ccc(S(C)(=O)=O)cc1. The summed E-state index contributed by atoms with van der Waals surface area (Å²) in [5.74, 6) is 0.701. The third-order valence-corrected chi connectivity index (χ3v) is 4.86. The van der Waals surface area contributed by atoms with Gasteiger partial charge in [0.15, 0.2) is 9.84 Å². The molecular weight excluding hydrogens is 282 g/mol. The quantitative estimate of drug-likeness (QED) is 0.776. The minimum Gasteiger partial charge on any atom is -0.310 e. The first kappa shape index (κ1) is 16.3. The topological polar surface area (TPSA) is 63.2 Å². The Kier molecular flexibility index (Phi) is 6.16. The van der Waals surface area contributed by atoms with Crippen LogP contribution < -0.4 is 5.32 Å². The number of rotatable bonds is 7. The molecule has 0 amide bonds. The van der Waals surface area contributed by atoms with E-state index in [1.54, 1.807) is 18.4 Å². The van der Waals surface area contributed by atoms with E-state index in [-0.39, 0.29) is 6.04 Å². The second-order valence-electron chi connectivity index (χ2n) is 4.65. The van der Waals surface area contributed by atoms with Crippen molar-refractivity contribution in [2.75, 3.05) is 24.8 Å². The van der Waals surface area contributed by atoms with Gasteiger partial charge in [0.2, 0.25) is 0 Å². The Morgan fingerprint density at radius 2 is 1.84 bits per heavy atom. The van der Waals surface area contributed by atoms with Crippen molar-refractivity contribution in [2.24, 2.45) is 0 Å². The van der Waals surface area contributed by atoms with Gasteiger partial charge in [-0.05, 0) is 37.6 Å². The number of hydrogen-bond acceptors (Lipinski definition) is 4. The molecule has 0 aliphatic carbocycles. The van der Waals surface area contributed by atoms with Crippen LogP contribution in [0.15, 0.2) is 29.2 Å². The van der Waals surface area contributed by atoms with Crippen molar-refractivity contribution in [2.45, 2.75) is 24.3 Å². The van der Waals surface area contributed by atoms with Gasteiger partial charge in [0.25, 0.3) is 0 Å². The molecule has 0 aliphatic rings. The van der Waals surface area contributed by atoms with Crippen LogP contribution in [0, 0.1) is 0 Å². The zero-order valence-electron chi connectivity index (χ0n) is 11.5. The van der Waals surface area contributed by atoms with Gasteiger partial charge in [0.05, 0.1) is 4.90 Å². The summed E-state index contributed by atoms with van der Waals surface area (Å²) in [6.45, 7) is 2.83. The smallest absolute Gasteiger partial charge is 0.175 e. The predicted octanol–water partition coefficient (Wildman–Crippen LogP) is 1.51. The lowest BCUT2D eigenvalue weighted by atomic mass is 10.1. The number of sulfone groups is 1. The Balaban J connectivity index is 2.54. The summed E-state index contributed by atoms with van der Waals surface area (Å²) in [6.07, 6.45) is 3.77. The highest BCUT2D eigenvalue weighted by molar-refractivity contribution is 7.90. The van der Waals surface area contributed by atoms with E-state index in [0.29, 0.717) is 10.6 Å². The van der Waals surface area contributed by atoms with Crippen molar-refractivity contribution in [3.8, 4) is 0 Å². The number of benzene rings is 1. The van der Waals surface area contributed by atoms with Crippen molar-refractivity contribution in [1.29, 1.82) is 0 Å². The van der Waals surface area contributed by atoms with E-state index in [0.717, 1.165) is 18.5 Å². The van der Waals surface area contributed by atoms with Gasteiger partial charge in [-0.1, -0.05) is 12.1 Å². The van der Waals surface area contributed by atoms with Crippen molar-refractivity contribution in [1.82, 2.24) is 5.32 Å². The van der Waals surface area contributed by atoms with Crippen LogP contribution in [0.4, 0.5) is 0 Å². The van der Waals surface area contributed by atoms with Crippen LogP contribution in [0.25, 0.3) is 0 Å². The Labute approximate surface area is 118 Å². The van der Waals surface area contributed by atoms with Gasteiger partial charge in [-0.25, -0.2) is 8.42 Å². The largest absolute Gasteiger partial charge is 0.310 e. The van der Waals surface area contributed by atoms with E-state index in [1.807, 2.05) is 19.1 Å². The maximum atomic E-state index is 11.3. The molecule has 6 heteroatoms. The molecule has 0 saturated carbocycles. The fourth-order valence-electron chi connectivity index (χ4n) is 1.72. The van der Waals surface area contributed by atoms with Gasteiger partial charge in [-0.3, -0.25) is 4.21 Å². The zero-order chi connectivity index (χ0) is 14.5. The Morgan fingerprint density at radius 3 is 2.32 bits per heavy atom. The highest BCUT2D eigenvalue weighted by Crippen LogP contribution is 2.16. The van der Waals surface area contributed by atoms with Gasteiger partial charge >= 0.3 is 0 Å². The lowest BCUT2D eigenvalue weighted by Crippen LogP contribution is -2.21. The molecular formula is C13H21NO3S2. The van der Waals surface area contributed by atoms with Gasteiger partial charge < -0.3 is 5.32 Å². The predicted molar refractivity (Wildman–Crippen MR) is 79.5 cm³/mol. The van der Waals surface area contributed by atoms with E-state index in [2.05, 4.69) is 5.32 Å². The van der Waals surface area contributed by atoms with Crippen molar-refractivity contribution in [3.05, 3.63) is 29.8 Å². The first-order chi connectivity index (χ1) is 8.80. The summed E-state index contributed by atoms with van der Waals surface area (Å²) < 4.78 is 33.6. The molecule has 2 unspecified atom stereocenters. The highest BCUT2D eigenvalue weighted by Gasteiger charge is 2.09. The first-order valence-electron chi connectivity index (χ1n) is 6.14. The van der Waals surface area contributed by atoms with Crippen LogP contribution >= 0.6 is 0 Å². The van der Waals surface area contributed by atoms with Crippen LogP contribution in [0.1, 0.15) is 24.9 Å². The van der Waals surface area contributed by atoms with Gasteiger partial charge in [0.1, 0.15) is 0 Å². The maximum absolute atomic E-state index is 11.3. The Morgan fingerprint density at radius 1 is 1.26 bits per heavy atom. The molecule has 1 N–H and O–H groups in total. The van der Waals surface area contributed by atoms with Crippen LogP contribution in [-0.2, 0) is 20.6 Å². The minimum atomic E-state index is -3.13. The summed E-state index contributed by atoms with van der Waals surface area (Å²) in [5.41, 5.74) is 1.05. The molecule has 108 valence electrons. The molecule has 0 aromatic heterocycles. The Hall–Kier alpha value is -0.720. The van der Waals surface area contributed by atoms with E-state index in [4.69, 9.17) is 0 Å². The van der Waals surface area contributed by atoms with E-state index in [1.165, 1.54) is 6.26 Å². The van der Waals surface area contributed by atoms with Crippen molar-refractivity contribution < 1.29 is 12.6 Å². The van der Waals surface area contributed by atoms with E-state index < -0.39 is 20.6 Å². The summed E-state index contributed by atoms with van der Waals surface area (Å²) in [7, 11) is -3.87. The minimum absolute atomic E-state index is 0.152. The number of hydrogen-bond donors (Lipinski definition) is 1. The standard InChI is InChI=1S/C13H21NO3S2/c1-11(14-9-4-10-18(2)15)12-5-7-13(8-6-12)19(3,16)17/h5-8,11,14H,4,9-10H2,1-3H3. The number of nitrogens with one attached hydrogen (secondary N) is 1. The molecule has 0 heterocycles. The Bertz CT molecular complexity index is 523. The van der Waals surface area contributed by atoms with Crippen LogP contribution in [0.3, 0.4) is 0 Å². The molecule has 4 nitrogen and oxygen atoms in total. The molecule has 0 saturated heterocycles. The molecule has 0 aliphatic heterocycles. The summed E-state index contributed by atoms with van der Waals surface area (Å²) in [5, 5.41) is 3.33. The molecule has 0 fully saturated rings. The van der Waals surface area contributed by atoms with Crippen molar-refractivity contribution >= 4 is 20.6 Å². The maximum Gasteiger partial charge on any atom is 0.175 e. The second-order valence-corrected chi connectivity index (χ2v) is 8.22. The third kappa shape index (κ3) is 5.84. The van der Waals surface area contributed by atoms with Crippen LogP contribution in [-0.4, -0.2) is 37.4 Å². The fraction of sp³-hybridized carbons (Fsp3) is 0.538. The average Bonchev–Trinajstić information content (AvgIpc) is 2.33. The molecule has 0 bridgehead atoms. The van der Waals surface area contributed by atoms with Crippen LogP contribution in [0.5, 0.6) is 0 Å². The third-order valence-electron chi connectivity index (χ3n) is 2.87. The summed E-state index contributed by atoms with van der Waals surface area (Å²) >= 11 is 0. The van der Waals surface area contributed by atoms with Gasteiger partial charge in [-0.2, -0.15) is 0 Å². The van der Waals surface area contributed by atoms with Gasteiger partial charge in [0, 0.05) is 35.1 Å². The summed E-state index contributed by atoms with van der Waals surface area (Å²) in [6, 6.07) is 7.06. The normalized spacial score (nSPS) is 15.1. The van der Waals surface area contributed by atoms with Gasteiger partial charge in [-0.15, -0.1) is 0 Å². The highest BCUT2D eigenvalue weighted by atomic mass is 32.2. The lowest BCUT2D eigenvalue weighted by molar-refractivity contribution is 0.570. The molecule has 0 spiro atoms. The van der Waals surface area contributed by atoms with E-state index in [9.17, 15) is 12.6 Å². The average molecular weight is 303 g/mol. The lowest BCUT2D eigenvalue weighted by Gasteiger charge is -2.14. The monoisotopic (exact) mass is 303 g/mol. The molecule has 19 heavy (non-hydrogen) atoms. The van der Waals surface area contributed by atoms with E-state index >= 15 is 0 Å². The second kappa shape index (κ2) is 7.17.